The van der Waals surface area contributed by atoms with Crippen molar-refractivity contribution in [3.8, 4) is 11.8 Å². The van der Waals surface area contributed by atoms with Gasteiger partial charge in [-0.3, -0.25) is 9.79 Å². The average molecular weight is 293 g/mol. The number of allylic oxidation sites excluding steroid dienone is 6. The first-order chi connectivity index (χ1) is 10.7. The molecule has 0 fully saturated rings. The van der Waals surface area contributed by atoms with E-state index in [0.29, 0.717) is 12.1 Å². The molecular formula is C18H19N3O. The highest BCUT2D eigenvalue weighted by molar-refractivity contribution is 6.00. The number of hydrogen-bond donors (Lipinski definition) is 0. The van der Waals surface area contributed by atoms with Gasteiger partial charge in [-0.05, 0) is 44.1 Å². The molecule has 1 atom stereocenters. The summed E-state index contributed by atoms with van der Waals surface area (Å²) < 4.78 is 0. The molecule has 4 heteroatoms. The van der Waals surface area contributed by atoms with Crippen LogP contribution < -0.4 is 0 Å². The first kappa shape index (κ1) is 15.7. The van der Waals surface area contributed by atoms with Gasteiger partial charge in [0.1, 0.15) is 18.2 Å². The Morgan fingerprint density at radius 3 is 3.09 bits per heavy atom. The lowest BCUT2D eigenvalue weighted by atomic mass is 10.0. The van der Waals surface area contributed by atoms with E-state index < -0.39 is 0 Å². The van der Waals surface area contributed by atoms with Gasteiger partial charge in [-0.15, -0.1) is 6.58 Å². The van der Waals surface area contributed by atoms with Gasteiger partial charge in [0.15, 0.2) is 0 Å². The second kappa shape index (κ2) is 7.37. The Labute approximate surface area is 131 Å². The molecule has 2 aliphatic rings. The maximum atomic E-state index is 10.9. The Morgan fingerprint density at radius 2 is 2.36 bits per heavy atom. The van der Waals surface area contributed by atoms with Gasteiger partial charge >= 0.3 is 0 Å². The highest BCUT2D eigenvalue weighted by Gasteiger charge is 2.25. The van der Waals surface area contributed by atoms with Crippen molar-refractivity contribution in [2.75, 3.05) is 6.54 Å². The molecule has 0 aliphatic carbocycles. The number of carbonyl (C=O) groups is 1. The first-order valence-electron chi connectivity index (χ1n) is 7.15. The van der Waals surface area contributed by atoms with Crippen LogP contribution in [0.15, 0.2) is 57.7 Å². The Balaban J connectivity index is 2.24. The molecule has 0 aromatic carbocycles. The number of amidine groups is 1. The number of carbonyl (C=O) groups excluding carboxylic acids is 1. The maximum Gasteiger partial charge on any atom is 0.145 e. The van der Waals surface area contributed by atoms with E-state index in [4.69, 9.17) is 0 Å². The van der Waals surface area contributed by atoms with Crippen molar-refractivity contribution in [2.45, 2.75) is 26.3 Å². The van der Waals surface area contributed by atoms with E-state index in [-0.39, 0.29) is 6.04 Å². The smallest absolute Gasteiger partial charge is 0.145 e. The Morgan fingerprint density at radius 1 is 1.55 bits per heavy atom. The molecule has 1 unspecified atom stereocenters. The predicted molar refractivity (Wildman–Crippen MR) is 90.7 cm³/mol. The van der Waals surface area contributed by atoms with Crippen LogP contribution in [0.25, 0.3) is 0 Å². The minimum Gasteiger partial charge on any atom is -0.298 e. The van der Waals surface area contributed by atoms with E-state index in [1.54, 1.807) is 13.1 Å². The summed E-state index contributed by atoms with van der Waals surface area (Å²) in [6.07, 6.45) is 10.7. The van der Waals surface area contributed by atoms with Crippen LogP contribution in [-0.4, -0.2) is 35.9 Å². The monoisotopic (exact) mass is 293 g/mol. The number of aldehydes is 1. The van der Waals surface area contributed by atoms with Gasteiger partial charge in [0.2, 0.25) is 0 Å². The number of nitrogens with zero attached hydrogens (tertiary/aromatic N) is 3. The van der Waals surface area contributed by atoms with Gasteiger partial charge in [-0.1, -0.05) is 23.5 Å². The molecule has 0 spiro atoms. The maximum absolute atomic E-state index is 10.9. The minimum absolute atomic E-state index is 0.0623. The summed E-state index contributed by atoms with van der Waals surface area (Å²) in [6, 6.07) is -0.0623. The van der Waals surface area contributed by atoms with Gasteiger partial charge in [-0.2, -0.15) is 5.10 Å². The third-order valence-corrected chi connectivity index (χ3v) is 3.32. The summed E-state index contributed by atoms with van der Waals surface area (Å²) in [7, 11) is 0. The van der Waals surface area contributed by atoms with Gasteiger partial charge in [0.25, 0.3) is 0 Å². The Kier molecular flexibility index (Phi) is 5.26. The molecule has 0 saturated heterocycles. The van der Waals surface area contributed by atoms with E-state index in [1.165, 1.54) is 0 Å². The molecule has 0 bridgehead atoms. The van der Waals surface area contributed by atoms with Crippen LogP contribution in [0.3, 0.4) is 0 Å². The van der Waals surface area contributed by atoms with Crippen molar-refractivity contribution in [3.05, 3.63) is 47.6 Å². The highest BCUT2D eigenvalue weighted by Crippen LogP contribution is 2.15. The molecule has 112 valence electrons. The summed E-state index contributed by atoms with van der Waals surface area (Å²) >= 11 is 0. The summed E-state index contributed by atoms with van der Waals surface area (Å²) in [5.41, 5.74) is 2.59. The summed E-state index contributed by atoms with van der Waals surface area (Å²) in [5, 5.41) is 6.12. The van der Waals surface area contributed by atoms with E-state index in [9.17, 15) is 4.79 Å². The number of hydrazone groups is 1. The van der Waals surface area contributed by atoms with Crippen LogP contribution in [0.1, 0.15) is 20.3 Å². The third-order valence-electron chi connectivity index (χ3n) is 3.32. The zero-order valence-electron chi connectivity index (χ0n) is 12.9. The van der Waals surface area contributed by atoms with Crippen molar-refractivity contribution in [1.82, 2.24) is 5.01 Å². The molecule has 2 heterocycles. The van der Waals surface area contributed by atoms with Crippen LogP contribution in [0.4, 0.5) is 0 Å². The Hall–Kier alpha value is -2.67. The topological polar surface area (TPSA) is 45.0 Å². The summed E-state index contributed by atoms with van der Waals surface area (Å²) in [4.78, 5) is 15.3. The lowest BCUT2D eigenvalue weighted by Crippen LogP contribution is -2.31. The average Bonchev–Trinajstić information content (AvgIpc) is 2.94. The van der Waals surface area contributed by atoms with Crippen molar-refractivity contribution in [1.29, 1.82) is 0 Å². The first-order valence-corrected chi connectivity index (χ1v) is 7.15. The van der Waals surface area contributed by atoms with Crippen molar-refractivity contribution < 1.29 is 4.79 Å². The normalized spacial score (nSPS) is 20.6. The third kappa shape index (κ3) is 3.70. The van der Waals surface area contributed by atoms with Gasteiger partial charge in [0.05, 0.1) is 6.54 Å². The largest absolute Gasteiger partial charge is 0.298 e. The van der Waals surface area contributed by atoms with E-state index >= 15 is 0 Å². The fourth-order valence-electron chi connectivity index (χ4n) is 2.12. The second-order valence-electron chi connectivity index (χ2n) is 5.15. The molecule has 22 heavy (non-hydrogen) atoms. The zero-order chi connectivity index (χ0) is 15.9. The van der Waals surface area contributed by atoms with E-state index in [2.05, 4.69) is 28.5 Å². The molecule has 0 saturated carbocycles. The number of fused-ring (bicyclic) bond motifs is 1. The lowest BCUT2D eigenvalue weighted by Gasteiger charge is -2.18. The molecule has 0 amide bonds. The lowest BCUT2D eigenvalue weighted by molar-refractivity contribution is -0.104. The van der Waals surface area contributed by atoms with Crippen molar-refractivity contribution >= 4 is 18.3 Å². The minimum atomic E-state index is -0.0623. The van der Waals surface area contributed by atoms with Crippen LogP contribution in [0.5, 0.6) is 0 Å². The predicted octanol–water partition coefficient (Wildman–Crippen LogP) is 2.67. The molecule has 4 nitrogen and oxygen atoms in total. The SMILES string of the molecule is C=CCC(C)=C(C#CC1CN=C2C=CC=NN21)/C=C(\C)C=O. The Bertz CT molecular complexity index is 681. The highest BCUT2D eigenvalue weighted by atomic mass is 16.1. The van der Waals surface area contributed by atoms with Gasteiger partial charge in [-0.25, -0.2) is 5.01 Å². The number of aliphatic imine (C=N–C) groups is 1. The molecule has 2 aliphatic heterocycles. The number of rotatable bonds is 4. The molecule has 0 aromatic rings. The van der Waals surface area contributed by atoms with E-state index in [0.717, 1.165) is 29.7 Å². The van der Waals surface area contributed by atoms with Crippen LogP contribution >= 0.6 is 0 Å². The fourth-order valence-corrected chi connectivity index (χ4v) is 2.12. The zero-order valence-corrected chi connectivity index (χ0v) is 12.9. The second-order valence-corrected chi connectivity index (χ2v) is 5.15. The molecule has 0 radical (unpaired) electrons. The fraction of sp³-hybridized carbons (Fsp3) is 0.278. The number of hydrogen-bond acceptors (Lipinski definition) is 4. The summed E-state index contributed by atoms with van der Waals surface area (Å²) in [6.45, 7) is 8.12. The van der Waals surface area contributed by atoms with Gasteiger partial charge < -0.3 is 0 Å². The summed E-state index contributed by atoms with van der Waals surface area (Å²) in [5.74, 6) is 7.23. The van der Waals surface area contributed by atoms with Crippen molar-refractivity contribution in [2.24, 2.45) is 10.1 Å². The molecule has 0 aromatic heterocycles. The van der Waals surface area contributed by atoms with Crippen LogP contribution in [0.2, 0.25) is 0 Å². The molecule has 2 rings (SSSR count). The molecular weight excluding hydrogens is 274 g/mol. The van der Waals surface area contributed by atoms with Crippen molar-refractivity contribution in [3.63, 3.8) is 0 Å². The van der Waals surface area contributed by atoms with Gasteiger partial charge in [0, 0.05) is 11.8 Å². The van der Waals surface area contributed by atoms with E-state index in [1.807, 2.05) is 36.2 Å². The van der Waals surface area contributed by atoms with Crippen LogP contribution in [0, 0.1) is 11.8 Å². The quantitative estimate of drug-likeness (QED) is 0.263. The standard InChI is InChI=1S/C18H19N3O/c1-4-6-15(3)16(11-14(2)13-22)8-9-17-12-19-18-7-5-10-20-21(17)18/h4-5,7,10-11,13,17H,1,6,12H2,2-3H3/b14-11+,16-15?. The van der Waals surface area contributed by atoms with Crippen LogP contribution in [-0.2, 0) is 4.79 Å². The molecule has 0 N–H and O–H groups in total.